The number of allylic oxidation sites excluding steroid dienone is 7. The molecule has 0 radical (unpaired) electrons. The number of benzene rings is 1. The van der Waals surface area contributed by atoms with Crippen LogP contribution in [0.5, 0.6) is 0 Å². The Morgan fingerprint density at radius 1 is 1.05 bits per heavy atom. The zero-order valence-corrected chi connectivity index (χ0v) is 11.1. The second kappa shape index (κ2) is 5.67. The third kappa shape index (κ3) is 2.83. The Kier molecular flexibility index (Phi) is 3.97. The van der Waals surface area contributed by atoms with Crippen molar-refractivity contribution in [2.24, 2.45) is 0 Å². The minimum Gasteiger partial charge on any atom is -0.289 e. The zero-order valence-electron chi connectivity index (χ0n) is 10.2. The highest BCUT2D eigenvalue weighted by molar-refractivity contribution is 7.80. The molecule has 2 rings (SSSR count). The van der Waals surface area contributed by atoms with Crippen LogP contribution in [0.2, 0.25) is 0 Å². The molecule has 0 amide bonds. The van der Waals surface area contributed by atoms with Crippen LogP contribution in [0.4, 0.5) is 0 Å². The smallest absolute Gasteiger partial charge is 0.193 e. The molecule has 2 nitrogen and oxygen atoms in total. The molecular formula is C16H12O2S. The van der Waals surface area contributed by atoms with Crippen LogP contribution in [-0.2, 0) is 0 Å². The minimum atomic E-state index is -0.169. The first kappa shape index (κ1) is 13.3. The minimum absolute atomic E-state index is 0.147. The van der Waals surface area contributed by atoms with E-state index in [1.165, 1.54) is 6.08 Å². The summed E-state index contributed by atoms with van der Waals surface area (Å²) in [6, 6.07) is 4.96. The van der Waals surface area contributed by atoms with Crippen molar-refractivity contribution < 1.29 is 9.59 Å². The quantitative estimate of drug-likeness (QED) is 0.671. The number of thiol groups is 1. The summed E-state index contributed by atoms with van der Waals surface area (Å²) in [4.78, 5) is 24.8. The van der Waals surface area contributed by atoms with Crippen LogP contribution >= 0.6 is 12.6 Å². The van der Waals surface area contributed by atoms with Gasteiger partial charge in [0.2, 0.25) is 0 Å². The van der Waals surface area contributed by atoms with E-state index in [9.17, 15) is 9.59 Å². The number of rotatable bonds is 3. The van der Waals surface area contributed by atoms with Crippen molar-refractivity contribution in [1.82, 2.24) is 0 Å². The molecule has 3 heteroatoms. The van der Waals surface area contributed by atoms with Gasteiger partial charge in [-0.3, -0.25) is 9.59 Å². The van der Waals surface area contributed by atoms with Crippen LogP contribution in [0, 0.1) is 0 Å². The normalized spacial score (nSPS) is 14.9. The Balaban J connectivity index is 2.37. The van der Waals surface area contributed by atoms with Crippen molar-refractivity contribution in [1.29, 1.82) is 0 Å². The largest absolute Gasteiger partial charge is 0.289 e. The molecule has 0 saturated heterocycles. The molecule has 0 fully saturated rings. The van der Waals surface area contributed by atoms with Crippen LogP contribution in [0.3, 0.4) is 0 Å². The van der Waals surface area contributed by atoms with Gasteiger partial charge in [-0.1, -0.05) is 37.0 Å². The van der Waals surface area contributed by atoms with Crippen molar-refractivity contribution in [3.8, 4) is 0 Å². The zero-order chi connectivity index (χ0) is 13.8. The van der Waals surface area contributed by atoms with Gasteiger partial charge in [-0.15, -0.1) is 12.6 Å². The highest BCUT2D eigenvalue weighted by atomic mass is 32.1. The van der Waals surface area contributed by atoms with Gasteiger partial charge in [-0.25, -0.2) is 0 Å². The topological polar surface area (TPSA) is 34.1 Å². The fourth-order valence-electron chi connectivity index (χ4n) is 1.80. The van der Waals surface area contributed by atoms with E-state index >= 15 is 0 Å². The summed E-state index contributed by atoms with van der Waals surface area (Å²) in [5, 5.41) is 0. The van der Waals surface area contributed by atoms with Crippen molar-refractivity contribution in [3.63, 3.8) is 0 Å². The van der Waals surface area contributed by atoms with E-state index in [4.69, 9.17) is 0 Å². The lowest BCUT2D eigenvalue weighted by atomic mass is 9.89. The highest BCUT2D eigenvalue weighted by Gasteiger charge is 2.23. The first-order valence-corrected chi connectivity index (χ1v) is 6.17. The number of ketones is 2. The fourth-order valence-corrected chi connectivity index (χ4v) is 2.00. The number of Topliss-reactive ketones (excluding diaryl/α,β-unsaturated/α-hetero) is 1. The van der Waals surface area contributed by atoms with Crippen molar-refractivity contribution in [3.05, 3.63) is 77.9 Å². The summed E-state index contributed by atoms with van der Waals surface area (Å²) in [6.45, 7) is 3.55. The van der Waals surface area contributed by atoms with Gasteiger partial charge < -0.3 is 0 Å². The number of carbonyl (C=O) groups is 2. The van der Waals surface area contributed by atoms with Gasteiger partial charge in [-0.05, 0) is 24.3 Å². The van der Waals surface area contributed by atoms with Crippen molar-refractivity contribution in [2.75, 3.05) is 0 Å². The summed E-state index contributed by atoms with van der Waals surface area (Å²) in [5.74, 6) is -0.316. The van der Waals surface area contributed by atoms with E-state index in [-0.39, 0.29) is 11.6 Å². The summed E-state index contributed by atoms with van der Waals surface area (Å²) in [6.07, 6.45) is 9.81. The predicted octanol–water partition coefficient (Wildman–Crippen LogP) is 3.58. The molecule has 1 aromatic rings. The molecule has 19 heavy (non-hydrogen) atoms. The maximum Gasteiger partial charge on any atom is 0.193 e. The lowest BCUT2D eigenvalue weighted by Crippen LogP contribution is -2.15. The van der Waals surface area contributed by atoms with E-state index in [1.807, 2.05) is 0 Å². The molecule has 1 aliphatic rings. The van der Waals surface area contributed by atoms with Crippen molar-refractivity contribution >= 4 is 24.2 Å². The number of hydrogen-bond acceptors (Lipinski definition) is 3. The Bertz CT molecular complexity index is 649. The third-order valence-corrected chi connectivity index (χ3v) is 2.97. The molecule has 0 bridgehead atoms. The van der Waals surface area contributed by atoms with E-state index < -0.39 is 0 Å². The van der Waals surface area contributed by atoms with Gasteiger partial charge >= 0.3 is 0 Å². The Morgan fingerprint density at radius 2 is 1.84 bits per heavy atom. The SMILES string of the molecule is C=C/C=C/C=C/C1=CC(=O)c2cc(S)ccc2C1=O. The van der Waals surface area contributed by atoms with E-state index in [0.29, 0.717) is 21.6 Å². The van der Waals surface area contributed by atoms with Gasteiger partial charge in [0.1, 0.15) is 0 Å². The summed E-state index contributed by atoms with van der Waals surface area (Å²) in [5.41, 5.74) is 1.23. The Morgan fingerprint density at radius 3 is 2.58 bits per heavy atom. The average molecular weight is 268 g/mol. The van der Waals surface area contributed by atoms with Crippen LogP contribution in [-0.4, -0.2) is 11.6 Å². The van der Waals surface area contributed by atoms with E-state index in [1.54, 1.807) is 48.6 Å². The molecule has 0 N–H and O–H groups in total. The van der Waals surface area contributed by atoms with Gasteiger partial charge in [-0.2, -0.15) is 0 Å². The number of carbonyl (C=O) groups excluding carboxylic acids is 2. The maximum absolute atomic E-state index is 12.2. The van der Waals surface area contributed by atoms with Crippen LogP contribution in [0.1, 0.15) is 20.7 Å². The standard InChI is InChI=1S/C16H12O2S/c1-2-3-4-5-6-11-9-15(17)14-10-12(19)7-8-13(14)16(11)18/h2-10,19H,1H2/b4-3+,6-5+. The summed E-state index contributed by atoms with van der Waals surface area (Å²) in [7, 11) is 0. The lowest BCUT2D eigenvalue weighted by molar-refractivity contribution is 0.0987. The monoisotopic (exact) mass is 268 g/mol. The lowest BCUT2D eigenvalue weighted by Gasteiger charge is -2.12. The molecule has 0 aromatic heterocycles. The molecule has 0 aliphatic heterocycles. The van der Waals surface area contributed by atoms with Gasteiger partial charge in [0.25, 0.3) is 0 Å². The number of fused-ring (bicyclic) bond motifs is 1. The molecule has 1 aliphatic carbocycles. The summed E-state index contributed by atoms with van der Waals surface area (Å²) >= 11 is 4.17. The molecule has 0 spiro atoms. The van der Waals surface area contributed by atoms with E-state index in [2.05, 4.69) is 19.2 Å². The fraction of sp³-hybridized carbons (Fsp3) is 0. The van der Waals surface area contributed by atoms with Crippen LogP contribution in [0.15, 0.2) is 71.7 Å². The van der Waals surface area contributed by atoms with Crippen LogP contribution in [0.25, 0.3) is 0 Å². The highest BCUT2D eigenvalue weighted by Crippen LogP contribution is 2.24. The first-order chi connectivity index (χ1) is 9.13. The molecule has 0 heterocycles. The predicted molar refractivity (Wildman–Crippen MR) is 78.9 cm³/mol. The molecular weight excluding hydrogens is 256 g/mol. The molecule has 94 valence electrons. The first-order valence-electron chi connectivity index (χ1n) is 5.73. The molecule has 0 unspecified atom stereocenters. The second-order valence-electron chi connectivity index (χ2n) is 4.00. The van der Waals surface area contributed by atoms with Crippen LogP contribution < -0.4 is 0 Å². The molecule has 0 saturated carbocycles. The average Bonchev–Trinajstić information content (AvgIpc) is 2.40. The van der Waals surface area contributed by atoms with Crippen molar-refractivity contribution in [2.45, 2.75) is 4.90 Å². The Labute approximate surface area is 117 Å². The Hall–Kier alpha value is -2.13. The van der Waals surface area contributed by atoms with Gasteiger partial charge in [0, 0.05) is 21.6 Å². The molecule has 1 aromatic carbocycles. The number of hydrogen-bond donors (Lipinski definition) is 1. The third-order valence-electron chi connectivity index (χ3n) is 2.70. The van der Waals surface area contributed by atoms with E-state index in [0.717, 1.165) is 0 Å². The van der Waals surface area contributed by atoms with Gasteiger partial charge in [0.05, 0.1) is 0 Å². The van der Waals surface area contributed by atoms with Gasteiger partial charge in [0.15, 0.2) is 11.6 Å². The molecule has 0 atom stereocenters. The summed E-state index contributed by atoms with van der Waals surface area (Å²) < 4.78 is 0. The second-order valence-corrected chi connectivity index (χ2v) is 4.52. The maximum atomic E-state index is 12.2.